The molecule has 0 unspecified atom stereocenters. The molecular formula is C10H21ClN4O3S. The number of hydrogen-bond donors (Lipinski definition) is 2. The second-order valence-electron chi connectivity index (χ2n) is 5.22. The first-order chi connectivity index (χ1) is 8.30. The smallest absolute Gasteiger partial charge is 0.277 e. The quantitative estimate of drug-likeness (QED) is 0.698. The molecule has 2 rings (SSSR count). The molecule has 0 bridgehead atoms. The Morgan fingerprint density at radius 3 is 2.05 bits per heavy atom. The van der Waals surface area contributed by atoms with E-state index in [1.165, 1.54) is 4.31 Å². The molecule has 1 saturated carbocycles. The zero-order chi connectivity index (χ0) is 13.4. The lowest BCUT2D eigenvalue weighted by atomic mass is 9.75. The summed E-state index contributed by atoms with van der Waals surface area (Å²) in [6.45, 7) is 1.32. The van der Waals surface area contributed by atoms with Crippen molar-refractivity contribution in [1.29, 1.82) is 0 Å². The van der Waals surface area contributed by atoms with Crippen LogP contribution in [0.5, 0.6) is 0 Å². The van der Waals surface area contributed by atoms with Gasteiger partial charge in [-0.15, -0.1) is 12.4 Å². The van der Waals surface area contributed by atoms with Gasteiger partial charge in [0.05, 0.1) is 0 Å². The van der Waals surface area contributed by atoms with E-state index in [4.69, 9.17) is 10.9 Å². The largest absolute Gasteiger partial charge is 0.340 e. The van der Waals surface area contributed by atoms with Crippen LogP contribution in [0.2, 0.25) is 0 Å². The second-order valence-corrected chi connectivity index (χ2v) is 6.76. The summed E-state index contributed by atoms with van der Waals surface area (Å²) in [7, 11) is -3.63. The summed E-state index contributed by atoms with van der Waals surface area (Å²) in [5.41, 5.74) is 5.71. The topological polar surface area (TPSA) is 110 Å². The fourth-order valence-corrected chi connectivity index (χ4v) is 3.08. The highest BCUT2D eigenvalue weighted by molar-refractivity contribution is 7.86. The monoisotopic (exact) mass is 312 g/mol. The first-order valence-electron chi connectivity index (χ1n) is 6.15. The maximum Gasteiger partial charge on any atom is 0.277 e. The summed E-state index contributed by atoms with van der Waals surface area (Å²) in [6.07, 6.45) is 3.25. The molecule has 0 spiro atoms. The fraction of sp³-hybridized carbons (Fsp3) is 0.900. The van der Waals surface area contributed by atoms with Gasteiger partial charge in [-0.2, -0.15) is 12.7 Å². The molecule has 19 heavy (non-hydrogen) atoms. The van der Waals surface area contributed by atoms with Crippen LogP contribution in [-0.4, -0.2) is 55.2 Å². The summed E-state index contributed by atoms with van der Waals surface area (Å²) in [5, 5.41) is 5.04. The van der Waals surface area contributed by atoms with Crippen LogP contribution in [0.3, 0.4) is 0 Å². The van der Waals surface area contributed by atoms with Crippen LogP contribution in [0.1, 0.15) is 25.7 Å². The molecule has 0 aromatic carbocycles. The van der Waals surface area contributed by atoms with Gasteiger partial charge in [0.2, 0.25) is 5.91 Å². The minimum atomic E-state index is -3.63. The molecule has 2 fully saturated rings. The van der Waals surface area contributed by atoms with Crippen LogP contribution in [0.15, 0.2) is 0 Å². The number of amides is 1. The lowest BCUT2D eigenvalue weighted by Crippen LogP contribution is -2.55. The molecule has 1 aliphatic carbocycles. The van der Waals surface area contributed by atoms with Crippen LogP contribution in [0.25, 0.3) is 0 Å². The average Bonchev–Trinajstić information content (AvgIpc) is 2.26. The number of hydrogen-bond acceptors (Lipinski definition) is 4. The van der Waals surface area contributed by atoms with Gasteiger partial charge in [0, 0.05) is 38.1 Å². The van der Waals surface area contributed by atoms with E-state index >= 15 is 0 Å². The third kappa shape index (κ3) is 4.03. The molecule has 4 N–H and O–H groups in total. The zero-order valence-electron chi connectivity index (χ0n) is 10.7. The predicted molar refractivity (Wildman–Crippen MR) is 73.9 cm³/mol. The van der Waals surface area contributed by atoms with Crippen molar-refractivity contribution < 1.29 is 13.2 Å². The van der Waals surface area contributed by atoms with Crippen molar-refractivity contribution >= 4 is 28.5 Å². The molecule has 0 aromatic heterocycles. The average molecular weight is 313 g/mol. The molecule has 1 heterocycles. The highest BCUT2D eigenvalue weighted by Crippen LogP contribution is 2.32. The van der Waals surface area contributed by atoms with Crippen molar-refractivity contribution in [3.63, 3.8) is 0 Å². The van der Waals surface area contributed by atoms with E-state index in [0.29, 0.717) is 19.5 Å². The summed E-state index contributed by atoms with van der Waals surface area (Å²) >= 11 is 0. The van der Waals surface area contributed by atoms with Gasteiger partial charge in [0.15, 0.2) is 0 Å². The van der Waals surface area contributed by atoms with Gasteiger partial charge in [-0.25, -0.2) is 5.14 Å². The Labute approximate surface area is 119 Å². The minimum Gasteiger partial charge on any atom is -0.340 e. The first kappa shape index (κ1) is 16.6. The molecular weight excluding hydrogens is 292 g/mol. The van der Waals surface area contributed by atoms with Gasteiger partial charge >= 0.3 is 0 Å². The molecule has 0 radical (unpaired) electrons. The molecule has 1 amide bonds. The van der Waals surface area contributed by atoms with E-state index in [0.717, 1.165) is 19.3 Å². The summed E-state index contributed by atoms with van der Waals surface area (Å²) in [5.74, 6) is 0.0197. The number of nitrogens with zero attached hydrogens (tertiary/aromatic N) is 2. The SMILES string of the molecule is Cl.NC1(CC(=O)N2CCN(S(N)(=O)=O)CC2)CCC1. The summed E-state index contributed by atoms with van der Waals surface area (Å²) in [4.78, 5) is 13.7. The molecule has 2 aliphatic rings. The van der Waals surface area contributed by atoms with Crippen LogP contribution in [-0.2, 0) is 15.0 Å². The summed E-state index contributed by atoms with van der Waals surface area (Å²) < 4.78 is 23.4. The third-order valence-corrected chi connectivity index (χ3v) is 4.89. The van der Waals surface area contributed by atoms with E-state index < -0.39 is 10.2 Å². The predicted octanol–water partition coefficient (Wildman–Crippen LogP) is -0.973. The number of rotatable bonds is 3. The van der Waals surface area contributed by atoms with E-state index in [1.807, 2.05) is 0 Å². The van der Waals surface area contributed by atoms with E-state index in [-0.39, 0.29) is 36.9 Å². The lowest BCUT2D eigenvalue weighted by Gasteiger charge is -2.40. The Balaban J connectivity index is 0.00000180. The maximum atomic E-state index is 12.0. The van der Waals surface area contributed by atoms with Crippen molar-refractivity contribution in [2.45, 2.75) is 31.2 Å². The highest BCUT2D eigenvalue weighted by Gasteiger charge is 2.37. The number of piperazine rings is 1. The number of carbonyl (C=O) groups excluding carboxylic acids is 1. The maximum absolute atomic E-state index is 12.0. The molecule has 0 atom stereocenters. The third-order valence-electron chi connectivity index (χ3n) is 3.80. The van der Waals surface area contributed by atoms with Gasteiger partial charge in [-0.3, -0.25) is 4.79 Å². The Morgan fingerprint density at radius 1 is 1.16 bits per heavy atom. The van der Waals surface area contributed by atoms with Crippen molar-refractivity contribution in [3.05, 3.63) is 0 Å². The molecule has 1 aliphatic heterocycles. The van der Waals surface area contributed by atoms with Crippen LogP contribution < -0.4 is 10.9 Å². The molecule has 1 saturated heterocycles. The van der Waals surface area contributed by atoms with Crippen molar-refractivity contribution in [2.75, 3.05) is 26.2 Å². The van der Waals surface area contributed by atoms with Crippen LogP contribution in [0, 0.1) is 0 Å². The Kier molecular flexibility index (Phi) is 5.19. The Hall–Kier alpha value is -0.410. The van der Waals surface area contributed by atoms with Crippen LogP contribution >= 0.6 is 12.4 Å². The normalized spacial score (nSPS) is 23.4. The lowest BCUT2D eigenvalue weighted by molar-refractivity contribution is -0.134. The fourth-order valence-electron chi connectivity index (χ4n) is 2.41. The summed E-state index contributed by atoms with van der Waals surface area (Å²) in [6, 6.07) is 0. The van der Waals surface area contributed by atoms with Gasteiger partial charge in [0.25, 0.3) is 10.2 Å². The molecule has 9 heteroatoms. The standard InChI is InChI=1S/C10H20N4O3S.ClH/c11-10(2-1-3-10)8-9(15)13-4-6-14(7-5-13)18(12,16)17;/h1-8,11H2,(H2,12,16,17);1H. The second kappa shape index (κ2) is 5.92. The van der Waals surface area contributed by atoms with Crippen molar-refractivity contribution in [3.8, 4) is 0 Å². The van der Waals surface area contributed by atoms with E-state index in [1.54, 1.807) is 4.90 Å². The minimum absolute atomic E-state index is 0. The number of halogens is 1. The van der Waals surface area contributed by atoms with Gasteiger partial charge < -0.3 is 10.6 Å². The Morgan fingerprint density at radius 2 is 1.68 bits per heavy atom. The van der Waals surface area contributed by atoms with Crippen molar-refractivity contribution in [1.82, 2.24) is 9.21 Å². The van der Waals surface area contributed by atoms with Gasteiger partial charge in [-0.05, 0) is 19.3 Å². The van der Waals surface area contributed by atoms with E-state index in [2.05, 4.69) is 0 Å². The Bertz CT molecular complexity index is 430. The highest BCUT2D eigenvalue weighted by atomic mass is 35.5. The molecule has 112 valence electrons. The van der Waals surface area contributed by atoms with Gasteiger partial charge in [-0.1, -0.05) is 0 Å². The van der Waals surface area contributed by atoms with Crippen LogP contribution in [0.4, 0.5) is 0 Å². The van der Waals surface area contributed by atoms with E-state index in [9.17, 15) is 13.2 Å². The molecule has 7 nitrogen and oxygen atoms in total. The van der Waals surface area contributed by atoms with Gasteiger partial charge in [0.1, 0.15) is 0 Å². The number of nitrogens with two attached hydrogens (primary N) is 2. The first-order valence-corrected chi connectivity index (χ1v) is 7.65. The zero-order valence-corrected chi connectivity index (χ0v) is 12.4. The number of carbonyl (C=O) groups is 1. The van der Waals surface area contributed by atoms with Crippen molar-refractivity contribution in [2.24, 2.45) is 10.9 Å². The molecule has 0 aromatic rings.